The Morgan fingerprint density at radius 3 is 2.82 bits per heavy atom. The van der Waals surface area contributed by atoms with Gasteiger partial charge in [-0.05, 0) is 37.8 Å². The van der Waals surface area contributed by atoms with Crippen LogP contribution in [0.15, 0.2) is 18.3 Å². The summed E-state index contributed by atoms with van der Waals surface area (Å²) in [6.45, 7) is 2.13. The first-order valence-corrected chi connectivity index (χ1v) is 6.16. The van der Waals surface area contributed by atoms with Gasteiger partial charge < -0.3 is 10.6 Å². The molecule has 1 aliphatic carbocycles. The Labute approximate surface area is 102 Å². The van der Waals surface area contributed by atoms with Gasteiger partial charge in [-0.1, -0.05) is 6.92 Å². The molecule has 0 saturated heterocycles. The number of anilines is 1. The van der Waals surface area contributed by atoms with E-state index in [-0.39, 0.29) is 11.4 Å². The average Bonchev–Trinajstić information content (AvgIpc) is 2.33. The molecule has 4 nitrogen and oxygen atoms in total. The summed E-state index contributed by atoms with van der Waals surface area (Å²) < 4.78 is 0. The normalized spacial score (nSPS) is 17.1. The molecule has 1 amide bonds. The van der Waals surface area contributed by atoms with Gasteiger partial charge in [0.1, 0.15) is 5.82 Å². The number of pyridine rings is 1. The summed E-state index contributed by atoms with van der Waals surface area (Å²) >= 11 is 0. The van der Waals surface area contributed by atoms with E-state index in [2.05, 4.69) is 22.5 Å². The van der Waals surface area contributed by atoms with Crippen molar-refractivity contribution in [1.29, 1.82) is 0 Å². The van der Waals surface area contributed by atoms with Crippen LogP contribution in [-0.2, 0) is 0 Å². The summed E-state index contributed by atoms with van der Waals surface area (Å²) in [4.78, 5) is 16.3. The van der Waals surface area contributed by atoms with Crippen LogP contribution in [0.2, 0.25) is 0 Å². The predicted molar refractivity (Wildman–Crippen MR) is 68.1 cm³/mol. The summed E-state index contributed by atoms with van der Waals surface area (Å²) in [6, 6.07) is 3.59. The fourth-order valence-electron chi connectivity index (χ4n) is 2.27. The number of amides is 1. The third kappa shape index (κ3) is 2.25. The van der Waals surface area contributed by atoms with E-state index in [1.54, 1.807) is 25.4 Å². The molecule has 0 aliphatic heterocycles. The third-order valence-corrected chi connectivity index (χ3v) is 3.66. The maximum atomic E-state index is 12.2. The van der Waals surface area contributed by atoms with Crippen LogP contribution in [0, 0.1) is 0 Å². The van der Waals surface area contributed by atoms with Gasteiger partial charge in [-0.15, -0.1) is 0 Å². The molecule has 1 aromatic heterocycles. The second-order valence-electron chi connectivity index (χ2n) is 4.59. The van der Waals surface area contributed by atoms with Crippen molar-refractivity contribution in [2.45, 2.75) is 38.1 Å². The van der Waals surface area contributed by atoms with Gasteiger partial charge in [-0.3, -0.25) is 4.79 Å². The van der Waals surface area contributed by atoms with E-state index in [0.717, 1.165) is 19.3 Å². The highest BCUT2D eigenvalue weighted by atomic mass is 16.1. The number of nitrogens with one attached hydrogen (secondary N) is 2. The van der Waals surface area contributed by atoms with Crippen molar-refractivity contribution in [3.05, 3.63) is 23.9 Å². The van der Waals surface area contributed by atoms with E-state index in [4.69, 9.17) is 0 Å². The Morgan fingerprint density at radius 2 is 2.29 bits per heavy atom. The quantitative estimate of drug-likeness (QED) is 0.838. The van der Waals surface area contributed by atoms with Crippen LogP contribution >= 0.6 is 0 Å². The van der Waals surface area contributed by atoms with Crippen molar-refractivity contribution in [1.82, 2.24) is 10.3 Å². The highest BCUT2D eigenvalue weighted by Crippen LogP contribution is 2.35. The predicted octanol–water partition coefficient (Wildman–Crippen LogP) is 2.19. The molecule has 2 N–H and O–H groups in total. The van der Waals surface area contributed by atoms with E-state index >= 15 is 0 Å². The molecule has 1 heterocycles. The average molecular weight is 233 g/mol. The zero-order valence-electron chi connectivity index (χ0n) is 10.4. The number of carbonyl (C=O) groups is 1. The topological polar surface area (TPSA) is 54.0 Å². The lowest BCUT2D eigenvalue weighted by atomic mass is 9.74. The van der Waals surface area contributed by atoms with Crippen LogP contribution in [0.3, 0.4) is 0 Å². The van der Waals surface area contributed by atoms with Crippen molar-refractivity contribution in [2.75, 3.05) is 12.4 Å². The minimum absolute atomic E-state index is 0.0241. The summed E-state index contributed by atoms with van der Waals surface area (Å²) in [7, 11) is 1.78. The molecule has 1 aromatic rings. The molecule has 0 spiro atoms. The third-order valence-electron chi connectivity index (χ3n) is 3.66. The number of hydrogen-bond acceptors (Lipinski definition) is 3. The summed E-state index contributed by atoms with van der Waals surface area (Å²) in [6.07, 6.45) is 6.06. The van der Waals surface area contributed by atoms with Gasteiger partial charge in [0.05, 0.1) is 5.56 Å². The van der Waals surface area contributed by atoms with E-state index in [0.29, 0.717) is 11.4 Å². The fraction of sp³-hybridized carbons (Fsp3) is 0.538. The summed E-state index contributed by atoms with van der Waals surface area (Å²) in [5, 5.41) is 6.10. The minimum Gasteiger partial charge on any atom is -0.372 e. The summed E-state index contributed by atoms with van der Waals surface area (Å²) in [5.74, 6) is 0.611. The van der Waals surface area contributed by atoms with Gasteiger partial charge in [0.2, 0.25) is 0 Å². The highest BCUT2D eigenvalue weighted by Gasteiger charge is 2.36. The minimum atomic E-state index is -0.0241. The first-order valence-electron chi connectivity index (χ1n) is 6.16. The maximum absolute atomic E-state index is 12.2. The van der Waals surface area contributed by atoms with Gasteiger partial charge in [0.15, 0.2) is 0 Å². The van der Waals surface area contributed by atoms with Crippen LogP contribution in [-0.4, -0.2) is 23.5 Å². The summed E-state index contributed by atoms with van der Waals surface area (Å²) in [5.41, 5.74) is 0.646. The number of carbonyl (C=O) groups excluding carboxylic acids is 1. The molecule has 4 heteroatoms. The molecule has 92 valence electrons. The van der Waals surface area contributed by atoms with Gasteiger partial charge in [-0.25, -0.2) is 4.98 Å². The fourth-order valence-corrected chi connectivity index (χ4v) is 2.27. The van der Waals surface area contributed by atoms with E-state index in [1.807, 2.05) is 0 Å². The Bertz CT molecular complexity index is 407. The second-order valence-corrected chi connectivity index (χ2v) is 4.59. The SMILES string of the molecule is CCC1(NC(=O)c2cccnc2NC)CCC1. The monoisotopic (exact) mass is 233 g/mol. The van der Waals surface area contributed by atoms with Crippen molar-refractivity contribution in [2.24, 2.45) is 0 Å². The van der Waals surface area contributed by atoms with E-state index < -0.39 is 0 Å². The number of hydrogen-bond donors (Lipinski definition) is 2. The van der Waals surface area contributed by atoms with Gasteiger partial charge in [0, 0.05) is 18.8 Å². The lowest BCUT2D eigenvalue weighted by molar-refractivity contribution is 0.0821. The van der Waals surface area contributed by atoms with Crippen LogP contribution in [0.25, 0.3) is 0 Å². The largest absolute Gasteiger partial charge is 0.372 e. The molecule has 1 saturated carbocycles. The highest BCUT2D eigenvalue weighted by molar-refractivity contribution is 5.99. The Morgan fingerprint density at radius 1 is 1.53 bits per heavy atom. The molecule has 0 radical (unpaired) electrons. The standard InChI is InChI=1S/C13H19N3O/c1-3-13(7-5-8-13)16-12(17)10-6-4-9-15-11(10)14-2/h4,6,9H,3,5,7-8H2,1-2H3,(H,14,15)(H,16,17). The molecular weight excluding hydrogens is 214 g/mol. The molecule has 0 aromatic carbocycles. The second kappa shape index (κ2) is 4.73. The first-order chi connectivity index (χ1) is 8.21. The lowest BCUT2D eigenvalue weighted by Gasteiger charge is -2.42. The smallest absolute Gasteiger partial charge is 0.255 e. The number of rotatable bonds is 4. The zero-order valence-corrected chi connectivity index (χ0v) is 10.4. The van der Waals surface area contributed by atoms with Crippen LogP contribution in [0.1, 0.15) is 43.0 Å². The molecule has 17 heavy (non-hydrogen) atoms. The zero-order chi connectivity index (χ0) is 12.3. The van der Waals surface area contributed by atoms with Crippen molar-refractivity contribution < 1.29 is 4.79 Å². The van der Waals surface area contributed by atoms with Crippen LogP contribution in [0.5, 0.6) is 0 Å². The van der Waals surface area contributed by atoms with Crippen molar-refractivity contribution >= 4 is 11.7 Å². The number of aromatic nitrogens is 1. The van der Waals surface area contributed by atoms with Crippen LogP contribution < -0.4 is 10.6 Å². The molecule has 2 rings (SSSR count). The van der Waals surface area contributed by atoms with E-state index in [9.17, 15) is 4.79 Å². The Balaban J connectivity index is 2.14. The van der Waals surface area contributed by atoms with Gasteiger partial charge in [-0.2, -0.15) is 0 Å². The van der Waals surface area contributed by atoms with Crippen molar-refractivity contribution in [3.63, 3.8) is 0 Å². The Hall–Kier alpha value is -1.58. The molecule has 1 fully saturated rings. The van der Waals surface area contributed by atoms with Crippen LogP contribution in [0.4, 0.5) is 5.82 Å². The molecule has 0 bridgehead atoms. The molecule has 1 aliphatic rings. The van der Waals surface area contributed by atoms with Gasteiger partial charge in [0.25, 0.3) is 5.91 Å². The first kappa shape index (κ1) is 11.9. The Kier molecular flexibility index (Phi) is 3.31. The lowest BCUT2D eigenvalue weighted by Crippen LogP contribution is -2.53. The van der Waals surface area contributed by atoms with Gasteiger partial charge >= 0.3 is 0 Å². The molecule has 0 unspecified atom stereocenters. The number of nitrogens with zero attached hydrogens (tertiary/aromatic N) is 1. The molecular formula is C13H19N3O. The molecule has 0 atom stereocenters. The van der Waals surface area contributed by atoms with E-state index in [1.165, 1.54) is 6.42 Å². The van der Waals surface area contributed by atoms with Crippen molar-refractivity contribution in [3.8, 4) is 0 Å². The maximum Gasteiger partial charge on any atom is 0.255 e.